The Labute approximate surface area is 72.9 Å². The molecule has 0 spiro atoms. The molecule has 1 aliphatic rings. The Bertz CT molecular complexity index is 264. The predicted molar refractivity (Wildman–Crippen MR) is 38.5 cm³/mol. The highest BCUT2D eigenvalue weighted by molar-refractivity contribution is 6.01. The van der Waals surface area contributed by atoms with Crippen molar-refractivity contribution in [2.24, 2.45) is 0 Å². The average molecular weight is 188 g/mol. The van der Waals surface area contributed by atoms with E-state index in [0.29, 0.717) is 4.90 Å². The Morgan fingerprint density at radius 3 is 2.69 bits per heavy atom. The molecule has 72 valence electrons. The number of aliphatic hydroxyl groups is 1. The summed E-state index contributed by atoms with van der Waals surface area (Å²) in [6.07, 6.45) is -0.332. The third kappa shape index (κ3) is 1.75. The fraction of sp³-hybridized carbons (Fsp3) is 0.500. The number of carboxylic acids is 1. The minimum absolute atomic E-state index is 0.332. The van der Waals surface area contributed by atoms with Crippen molar-refractivity contribution in [2.45, 2.75) is 12.5 Å². The van der Waals surface area contributed by atoms with Gasteiger partial charge in [0.1, 0.15) is 12.8 Å². The van der Waals surface area contributed by atoms with Gasteiger partial charge in [0.15, 0.2) is 0 Å². The summed E-state index contributed by atoms with van der Waals surface area (Å²) in [4.78, 5) is 32.9. The Hall–Kier alpha value is -1.63. The van der Waals surface area contributed by atoms with Crippen LogP contribution in [0.2, 0.25) is 0 Å². The van der Waals surface area contributed by atoms with Crippen LogP contribution in [0.25, 0.3) is 0 Å². The zero-order chi connectivity index (χ0) is 10.0. The normalized spacial score (nSPS) is 22.8. The van der Waals surface area contributed by atoms with Gasteiger partial charge in [-0.05, 0) is 0 Å². The maximum Gasteiger partial charge on any atom is 0.327 e. The summed E-state index contributed by atoms with van der Waals surface area (Å²) < 4.78 is 0. The number of hydrogen-bond acceptors (Lipinski definition) is 4. The lowest BCUT2D eigenvalue weighted by Gasteiger charge is -2.30. The van der Waals surface area contributed by atoms with Crippen LogP contribution in [-0.4, -0.2) is 45.8 Å². The largest absolute Gasteiger partial charge is 0.480 e. The molecular formula is C6H8N2O5. The van der Waals surface area contributed by atoms with Gasteiger partial charge in [-0.3, -0.25) is 15.0 Å². The molecule has 0 bridgehead atoms. The van der Waals surface area contributed by atoms with Gasteiger partial charge in [-0.2, -0.15) is 0 Å². The van der Waals surface area contributed by atoms with E-state index >= 15 is 0 Å². The number of imide groups is 1. The third-order valence-electron chi connectivity index (χ3n) is 1.70. The number of aliphatic carboxylic acids is 1. The van der Waals surface area contributed by atoms with E-state index in [2.05, 4.69) is 0 Å². The van der Waals surface area contributed by atoms with Crippen LogP contribution < -0.4 is 5.32 Å². The summed E-state index contributed by atoms with van der Waals surface area (Å²) in [5.74, 6) is -1.96. The standard InChI is InChI=1S/C6H8N2O5/c9-2-8-3(5(11)12)1-4(10)7-6(8)13/h3,9H,1-2H2,(H,11,12)(H,7,10,13). The molecule has 1 saturated heterocycles. The van der Waals surface area contributed by atoms with Crippen LogP contribution in [0.15, 0.2) is 0 Å². The number of nitrogens with one attached hydrogen (secondary N) is 1. The number of carbonyl (C=O) groups excluding carboxylic acids is 2. The number of rotatable bonds is 2. The van der Waals surface area contributed by atoms with E-state index in [9.17, 15) is 14.4 Å². The zero-order valence-electron chi connectivity index (χ0n) is 6.56. The molecule has 0 aromatic carbocycles. The van der Waals surface area contributed by atoms with E-state index in [4.69, 9.17) is 10.2 Å². The van der Waals surface area contributed by atoms with E-state index in [0.717, 1.165) is 0 Å². The summed E-state index contributed by atoms with van der Waals surface area (Å²) in [5.41, 5.74) is 0. The number of carboxylic acid groups (broad SMARTS) is 1. The van der Waals surface area contributed by atoms with Crippen LogP contribution in [0.5, 0.6) is 0 Å². The smallest absolute Gasteiger partial charge is 0.327 e. The van der Waals surface area contributed by atoms with Crippen molar-refractivity contribution in [3.63, 3.8) is 0 Å². The lowest BCUT2D eigenvalue weighted by molar-refractivity contribution is -0.147. The minimum atomic E-state index is -1.31. The van der Waals surface area contributed by atoms with Gasteiger partial charge in [0.25, 0.3) is 0 Å². The van der Waals surface area contributed by atoms with Gasteiger partial charge in [0.05, 0.1) is 6.42 Å². The quantitative estimate of drug-likeness (QED) is 0.480. The van der Waals surface area contributed by atoms with E-state index < -0.39 is 30.7 Å². The molecule has 13 heavy (non-hydrogen) atoms. The zero-order valence-corrected chi connectivity index (χ0v) is 6.56. The summed E-state index contributed by atoms with van der Waals surface area (Å²) in [5, 5.41) is 19.1. The first-order valence-corrected chi connectivity index (χ1v) is 3.50. The van der Waals surface area contributed by atoms with Gasteiger partial charge in [0, 0.05) is 0 Å². The van der Waals surface area contributed by atoms with Crippen LogP contribution in [0, 0.1) is 0 Å². The fourth-order valence-electron chi connectivity index (χ4n) is 1.05. The number of amides is 3. The summed E-state index contributed by atoms with van der Waals surface area (Å²) in [6, 6.07) is -2.16. The molecule has 0 aromatic heterocycles. The summed E-state index contributed by atoms with van der Waals surface area (Å²) >= 11 is 0. The molecule has 0 saturated carbocycles. The molecule has 1 atom stereocenters. The second kappa shape index (κ2) is 3.40. The molecular weight excluding hydrogens is 180 g/mol. The number of hydrogen-bond donors (Lipinski definition) is 3. The van der Waals surface area contributed by atoms with Gasteiger partial charge in [-0.15, -0.1) is 0 Å². The Morgan fingerprint density at radius 1 is 1.62 bits per heavy atom. The molecule has 1 aliphatic heterocycles. The molecule has 0 aliphatic carbocycles. The molecule has 1 fully saturated rings. The maximum absolute atomic E-state index is 10.9. The average Bonchev–Trinajstić information content (AvgIpc) is 2.02. The van der Waals surface area contributed by atoms with Crippen LogP contribution in [0.1, 0.15) is 6.42 Å². The Morgan fingerprint density at radius 2 is 2.23 bits per heavy atom. The van der Waals surface area contributed by atoms with Crippen LogP contribution in [0.3, 0.4) is 0 Å². The number of nitrogens with zero attached hydrogens (tertiary/aromatic N) is 1. The van der Waals surface area contributed by atoms with E-state index in [1.54, 1.807) is 0 Å². The van der Waals surface area contributed by atoms with E-state index in [1.165, 1.54) is 0 Å². The topological polar surface area (TPSA) is 107 Å². The molecule has 1 heterocycles. The third-order valence-corrected chi connectivity index (χ3v) is 1.70. The second-order valence-electron chi connectivity index (χ2n) is 2.52. The van der Waals surface area contributed by atoms with E-state index in [1.807, 2.05) is 5.32 Å². The van der Waals surface area contributed by atoms with Crippen molar-refractivity contribution in [3.8, 4) is 0 Å². The van der Waals surface area contributed by atoms with Crippen molar-refractivity contribution in [2.75, 3.05) is 6.73 Å². The predicted octanol–water partition coefficient (Wildman–Crippen LogP) is -1.67. The van der Waals surface area contributed by atoms with Gasteiger partial charge in [0.2, 0.25) is 5.91 Å². The molecule has 3 amide bonds. The Balaban J connectivity index is 2.83. The first-order chi connectivity index (χ1) is 6.06. The van der Waals surface area contributed by atoms with Crippen molar-refractivity contribution in [1.29, 1.82) is 0 Å². The molecule has 7 nitrogen and oxygen atoms in total. The van der Waals surface area contributed by atoms with Gasteiger partial charge >= 0.3 is 12.0 Å². The molecule has 0 radical (unpaired) electrons. The van der Waals surface area contributed by atoms with E-state index in [-0.39, 0.29) is 6.42 Å². The molecule has 0 aromatic rings. The molecule has 1 unspecified atom stereocenters. The first-order valence-electron chi connectivity index (χ1n) is 3.50. The molecule has 7 heteroatoms. The summed E-state index contributed by atoms with van der Waals surface area (Å²) in [6.45, 7) is -0.726. The lowest BCUT2D eigenvalue weighted by atomic mass is 10.1. The van der Waals surface area contributed by atoms with Gasteiger partial charge < -0.3 is 10.2 Å². The Kier molecular flexibility index (Phi) is 2.47. The first kappa shape index (κ1) is 9.46. The fourth-order valence-corrected chi connectivity index (χ4v) is 1.05. The van der Waals surface area contributed by atoms with Crippen LogP contribution in [0.4, 0.5) is 4.79 Å². The monoisotopic (exact) mass is 188 g/mol. The highest BCUT2D eigenvalue weighted by Gasteiger charge is 2.36. The van der Waals surface area contributed by atoms with Gasteiger partial charge in [-0.25, -0.2) is 9.59 Å². The molecule has 3 N–H and O–H groups in total. The maximum atomic E-state index is 10.9. The van der Waals surface area contributed by atoms with Crippen LogP contribution >= 0.6 is 0 Å². The van der Waals surface area contributed by atoms with Crippen LogP contribution in [-0.2, 0) is 9.59 Å². The SMILES string of the molecule is O=C1CC(C(=O)O)N(CO)C(=O)N1. The number of aliphatic hydroxyl groups excluding tert-OH is 1. The highest BCUT2D eigenvalue weighted by Crippen LogP contribution is 2.09. The van der Waals surface area contributed by atoms with Crippen molar-refractivity contribution >= 4 is 17.9 Å². The second-order valence-corrected chi connectivity index (χ2v) is 2.52. The van der Waals surface area contributed by atoms with Crippen molar-refractivity contribution in [1.82, 2.24) is 10.2 Å². The minimum Gasteiger partial charge on any atom is -0.480 e. The number of urea groups is 1. The number of carbonyl (C=O) groups is 3. The van der Waals surface area contributed by atoms with Crippen molar-refractivity contribution < 1.29 is 24.6 Å². The van der Waals surface area contributed by atoms with Gasteiger partial charge in [-0.1, -0.05) is 0 Å². The summed E-state index contributed by atoms with van der Waals surface area (Å²) in [7, 11) is 0. The molecule has 1 rings (SSSR count). The lowest BCUT2D eigenvalue weighted by Crippen LogP contribution is -2.57. The highest BCUT2D eigenvalue weighted by atomic mass is 16.4. The van der Waals surface area contributed by atoms with Crippen molar-refractivity contribution in [3.05, 3.63) is 0 Å².